The van der Waals surface area contributed by atoms with Gasteiger partial charge in [-0.05, 0) is 36.6 Å². The van der Waals surface area contributed by atoms with Gasteiger partial charge in [-0.3, -0.25) is 0 Å². The number of para-hydroxylation sites is 1. The fraction of sp³-hybridized carbons (Fsp3) is 0.333. The molecule has 0 fully saturated rings. The highest BCUT2D eigenvalue weighted by Crippen LogP contribution is 2.48. The standard InChI is InChI=1S/C18H22N2S/c1-4-5-8-13-11-12-16-17(18(13)20(2)3)19-14-9-6-7-10-15(14)21-16/h6-7,9-12,19H,4-5,8H2,1-3H3. The lowest BCUT2D eigenvalue weighted by Crippen LogP contribution is -2.15. The normalized spacial score (nSPS) is 12.3. The lowest BCUT2D eigenvalue weighted by atomic mass is 10.0. The Hall–Kier alpha value is -1.61. The van der Waals surface area contributed by atoms with E-state index in [-0.39, 0.29) is 0 Å². The second-order valence-corrected chi connectivity index (χ2v) is 6.75. The van der Waals surface area contributed by atoms with E-state index >= 15 is 0 Å². The van der Waals surface area contributed by atoms with Crippen LogP contribution in [0.2, 0.25) is 0 Å². The number of benzene rings is 2. The first kappa shape index (κ1) is 14.3. The zero-order valence-electron chi connectivity index (χ0n) is 12.9. The van der Waals surface area contributed by atoms with Gasteiger partial charge in [0.25, 0.3) is 0 Å². The van der Waals surface area contributed by atoms with E-state index in [2.05, 4.69) is 67.6 Å². The Balaban J connectivity index is 2.05. The Bertz CT molecular complexity index is 650. The molecular formula is C18H22N2S. The van der Waals surface area contributed by atoms with E-state index in [1.165, 1.54) is 45.3 Å². The number of anilines is 3. The molecule has 3 heteroatoms. The summed E-state index contributed by atoms with van der Waals surface area (Å²) in [5.74, 6) is 0. The first-order valence-corrected chi connectivity index (χ1v) is 8.39. The molecule has 0 radical (unpaired) electrons. The predicted molar refractivity (Wildman–Crippen MR) is 93.2 cm³/mol. The van der Waals surface area contributed by atoms with Gasteiger partial charge in [0.2, 0.25) is 0 Å². The smallest absolute Gasteiger partial charge is 0.0766 e. The van der Waals surface area contributed by atoms with Crippen LogP contribution in [-0.4, -0.2) is 14.1 Å². The molecule has 1 N–H and O–H groups in total. The summed E-state index contributed by atoms with van der Waals surface area (Å²) in [6, 6.07) is 13.1. The topological polar surface area (TPSA) is 15.3 Å². The lowest BCUT2D eigenvalue weighted by Gasteiger charge is -2.28. The van der Waals surface area contributed by atoms with E-state index in [1.54, 1.807) is 0 Å². The molecule has 2 aromatic carbocycles. The molecule has 3 rings (SSSR count). The van der Waals surface area contributed by atoms with Crippen LogP contribution in [0.5, 0.6) is 0 Å². The van der Waals surface area contributed by atoms with Crippen molar-refractivity contribution in [3.8, 4) is 0 Å². The minimum Gasteiger partial charge on any atom is -0.376 e. The van der Waals surface area contributed by atoms with Crippen LogP contribution in [0.3, 0.4) is 0 Å². The van der Waals surface area contributed by atoms with E-state index in [1.807, 2.05) is 11.8 Å². The molecule has 0 amide bonds. The maximum absolute atomic E-state index is 3.64. The molecule has 21 heavy (non-hydrogen) atoms. The second kappa shape index (κ2) is 6.02. The first-order valence-electron chi connectivity index (χ1n) is 7.57. The van der Waals surface area contributed by atoms with Crippen LogP contribution < -0.4 is 10.2 Å². The molecule has 2 aromatic rings. The molecule has 0 spiro atoms. The van der Waals surface area contributed by atoms with Crippen molar-refractivity contribution >= 4 is 28.8 Å². The van der Waals surface area contributed by atoms with Crippen molar-refractivity contribution in [1.82, 2.24) is 0 Å². The maximum atomic E-state index is 3.64. The summed E-state index contributed by atoms with van der Waals surface area (Å²) in [7, 11) is 4.27. The molecule has 2 nitrogen and oxygen atoms in total. The Morgan fingerprint density at radius 2 is 1.86 bits per heavy atom. The highest BCUT2D eigenvalue weighted by atomic mass is 32.2. The van der Waals surface area contributed by atoms with Crippen LogP contribution in [-0.2, 0) is 6.42 Å². The number of nitrogens with zero attached hydrogens (tertiary/aromatic N) is 1. The predicted octanol–water partition coefficient (Wildman–Crippen LogP) is 5.30. The third-order valence-corrected chi connectivity index (χ3v) is 4.97. The number of nitrogens with one attached hydrogen (secondary N) is 1. The van der Waals surface area contributed by atoms with Crippen LogP contribution in [0.1, 0.15) is 25.3 Å². The van der Waals surface area contributed by atoms with Gasteiger partial charge < -0.3 is 10.2 Å². The SMILES string of the molecule is CCCCc1ccc2c(c1N(C)C)Nc1ccccc1S2. The monoisotopic (exact) mass is 298 g/mol. The van der Waals surface area contributed by atoms with Crippen molar-refractivity contribution in [3.05, 3.63) is 42.0 Å². The molecule has 0 atom stereocenters. The zero-order valence-corrected chi connectivity index (χ0v) is 13.8. The molecule has 1 heterocycles. The third kappa shape index (κ3) is 2.75. The second-order valence-electron chi connectivity index (χ2n) is 5.67. The Morgan fingerprint density at radius 3 is 2.62 bits per heavy atom. The average Bonchev–Trinajstić information content (AvgIpc) is 2.50. The average molecular weight is 298 g/mol. The number of hydrogen-bond acceptors (Lipinski definition) is 3. The van der Waals surface area contributed by atoms with E-state index in [0.717, 1.165) is 6.42 Å². The molecule has 0 saturated carbocycles. The van der Waals surface area contributed by atoms with Gasteiger partial charge in [-0.25, -0.2) is 0 Å². The fourth-order valence-corrected chi connectivity index (χ4v) is 3.81. The summed E-state index contributed by atoms with van der Waals surface area (Å²) in [5, 5.41) is 3.64. The molecule has 0 aromatic heterocycles. The van der Waals surface area contributed by atoms with Gasteiger partial charge >= 0.3 is 0 Å². The van der Waals surface area contributed by atoms with Gasteiger partial charge in [0.15, 0.2) is 0 Å². The van der Waals surface area contributed by atoms with E-state index in [9.17, 15) is 0 Å². The Morgan fingerprint density at radius 1 is 1.05 bits per heavy atom. The van der Waals surface area contributed by atoms with E-state index < -0.39 is 0 Å². The fourth-order valence-electron chi connectivity index (χ4n) is 2.81. The Labute approximate surface area is 131 Å². The lowest BCUT2D eigenvalue weighted by molar-refractivity contribution is 0.792. The summed E-state index contributed by atoms with van der Waals surface area (Å²) >= 11 is 1.86. The first-order chi connectivity index (χ1) is 10.2. The molecule has 0 saturated heterocycles. The largest absolute Gasteiger partial charge is 0.376 e. The number of hydrogen-bond donors (Lipinski definition) is 1. The summed E-state index contributed by atoms with van der Waals surface area (Å²) < 4.78 is 0. The van der Waals surface area contributed by atoms with Gasteiger partial charge in [-0.2, -0.15) is 0 Å². The molecule has 0 aliphatic carbocycles. The van der Waals surface area contributed by atoms with Crippen molar-refractivity contribution in [2.45, 2.75) is 36.0 Å². The summed E-state index contributed by atoms with van der Waals surface area (Å²) in [4.78, 5) is 4.86. The zero-order chi connectivity index (χ0) is 14.8. The van der Waals surface area contributed by atoms with Gasteiger partial charge in [0.1, 0.15) is 0 Å². The number of rotatable bonds is 4. The van der Waals surface area contributed by atoms with Crippen molar-refractivity contribution in [2.24, 2.45) is 0 Å². The van der Waals surface area contributed by atoms with Crippen LogP contribution in [0.25, 0.3) is 0 Å². The highest BCUT2D eigenvalue weighted by molar-refractivity contribution is 7.99. The van der Waals surface area contributed by atoms with Gasteiger partial charge in [-0.15, -0.1) is 0 Å². The molecule has 0 bridgehead atoms. The quantitative estimate of drug-likeness (QED) is 0.703. The van der Waals surface area contributed by atoms with Crippen LogP contribution in [0, 0.1) is 0 Å². The molecular weight excluding hydrogens is 276 g/mol. The highest BCUT2D eigenvalue weighted by Gasteiger charge is 2.21. The van der Waals surface area contributed by atoms with E-state index in [4.69, 9.17) is 0 Å². The van der Waals surface area contributed by atoms with E-state index in [0.29, 0.717) is 0 Å². The third-order valence-electron chi connectivity index (χ3n) is 3.84. The minimum absolute atomic E-state index is 1.14. The molecule has 0 unspecified atom stereocenters. The van der Waals surface area contributed by atoms with Crippen molar-refractivity contribution < 1.29 is 0 Å². The van der Waals surface area contributed by atoms with Crippen molar-refractivity contribution in [2.75, 3.05) is 24.3 Å². The van der Waals surface area contributed by atoms with Crippen LogP contribution in [0.4, 0.5) is 17.1 Å². The van der Waals surface area contributed by atoms with Crippen LogP contribution in [0.15, 0.2) is 46.2 Å². The number of fused-ring (bicyclic) bond motifs is 2. The van der Waals surface area contributed by atoms with Gasteiger partial charge in [-0.1, -0.05) is 43.3 Å². The van der Waals surface area contributed by atoms with Crippen molar-refractivity contribution in [1.29, 1.82) is 0 Å². The van der Waals surface area contributed by atoms with Gasteiger partial charge in [0, 0.05) is 23.9 Å². The number of aryl methyl sites for hydroxylation is 1. The Kier molecular flexibility index (Phi) is 4.11. The van der Waals surface area contributed by atoms with Crippen LogP contribution >= 0.6 is 11.8 Å². The van der Waals surface area contributed by atoms with Crippen molar-refractivity contribution in [3.63, 3.8) is 0 Å². The molecule has 1 aliphatic heterocycles. The minimum atomic E-state index is 1.14. The van der Waals surface area contributed by atoms with Gasteiger partial charge in [0.05, 0.1) is 17.1 Å². The number of unbranched alkanes of at least 4 members (excludes halogenated alkanes) is 1. The maximum Gasteiger partial charge on any atom is 0.0766 e. The molecule has 110 valence electrons. The summed E-state index contributed by atoms with van der Waals surface area (Å²) in [5.41, 5.74) is 5.25. The summed E-state index contributed by atoms with van der Waals surface area (Å²) in [6.07, 6.45) is 3.61. The summed E-state index contributed by atoms with van der Waals surface area (Å²) in [6.45, 7) is 2.25. The molecule has 1 aliphatic rings.